The van der Waals surface area contributed by atoms with E-state index in [9.17, 15) is 27.9 Å². The summed E-state index contributed by atoms with van der Waals surface area (Å²) in [5.41, 5.74) is -0.595. The molecule has 33 heavy (non-hydrogen) atoms. The predicted octanol–water partition coefficient (Wildman–Crippen LogP) is 1.64. The summed E-state index contributed by atoms with van der Waals surface area (Å²) in [5.74, 6) is -2.21. The summed E-state index contributed by atoms with van der Waals surface area (Å²) in [5, 5.41) is 24.5. The summed E-state index contributed by atoms with van der Waals surface area (Å²) in [6.07, 6.45) is 3.67. The maximum Gasteiger partial charge on any atom is 0.387 e. The second kappa shape index (κ2) is 10.8. The number of alkyl halides is 2. The summed E-state index contributed by atoms with van der Waals surface area (Å²) in [6.45, 7) is -1.00. The minimum absolute atomic E-state index is 0.0286. The molecule has 0 spiro atoms. The minimum Gasteiger partial charge on any atom is -0.432 e. The van der Waals surface area contributed by atoms with Gasteiger partial charge in [-0.05, 0) is 49.9 Å². The van der Waals surface area contributed by atoms with Crippen molar-refractivity contribution < 1.29 is 32.6 Å². The summed E-state index contributed by atoms with van der Waals surface area (Å²) >= 11 is 0. The maximum atomic E-state index is 13.8. The molecule has 2 amide bonds. The number of nitrogens with zero attached hydrogens (tertiary/aromatic N) is 3. The molecule has 2 atom stereocenters. The fraction of sp³-hybridized carbons (Fsp3) is 0.524. The molecule has 180 valence electrons. The number of aliphatic hydroxyl groups is 1. The molecule has 0 bridgehead atoms. The van der Waals surface area contributed by atoms with Crippen LogP contribution in [0.15, 0.2) is 24.4 Å². The summed E-state index contributed by atoms with van der Waals surface area (Å²) < 4.78 is 44.6. The van der Waals surface area contributed by atoms with Crippen LogP contribution < -0.4 is 15.4 Å². The normalized spacial score (nSPS) is 18.3. The molecular weight excluding hydrogens is 443 g/mol. The van der Waals surface area contributed by atoms with Gasteiger partial charge < -0.3 is 15.2 Å². The van der Waals surface area contributed by atoms with Crippen molar-refractivity contribution in [1.29, 1.82) is 0 Å². The number of carbonyl (C=O) groups is 2. The molecule has 1 aromatic carbocycles. The van der Waals surface area contributed by atoms with E-state index < -0.39 is 29.8 Å². The number of carbonyl (C=O) groups excluding carboxylic acids is 2. The lowest BCUT2D eigenvalue weighted by Gasteiger charge is -2.28. The standard InChI is InChI=1S/C21H26F3N5O4/c1-2-21(32,13-5-6-15(22)17(10-13)33-20(23)24)12-29-14(11-26-28-29)4-3-9-25-16-7-8-18(30)27-19(16)31/h5-6,10-11,16,20,25,32H,2-4,7-9,12H2,1H3,(H,27,30,31). The van der Waals surface area contributed by atoms with Gasteiger partial charge in [-0.2, -0.15) is 8.78 Å². The lowest BCUT2D eigenvalue weighted by molar-refractivity contribution is -0.134. The fourth-order valence-electron chi connectivity index (χ4n) is 3.67. The van der Waals surface area contributed by atoms with Crippen LogP contribution >= 0.6 is 0 Å². The third kappa shape index (κ3) is 6.29. The molecule has 1 saturated heterocycles. The number of piperidine rings is 1. The van der Waals surface area contributed by atoms with E-state index in [0.717, 1.165) is 17.8 Å². The Kier molecular flexibility index (Phi) is 8.03. The molecule has 12 heteroatoms. The van der Waals surface area contributed by atoms with Crippen molar-refractivity contribution >= 4 is 11.8 Å². The number of amides is 2. The third-order valence-corrected chi connectivity index (χ3v) is 5.62. The lowest BCUT2D eigenvalue weighted by Crippen LogP contribution is -2.50. The Hall–Kier alpha value is -2.99. The van der Waals surface area contributed by atoms with Crippen molar-refractivity contribution in [2.24, 2.45) is 0 Å². The molecule has 9 nitrogen and oxygen atoms in total. The molecule has 1 aliphatic heterocycles. The molecule has 0 saturated carbocycles. The van der Waals surface area contributed by atoms with E-state index in [4.69, 9.17) is 0 Å². The van der Waals surface area contributed by atoms with Gasteiger partial charge in [-0.1, -0.05) is 18.2 Å². The summed E-state index contributed by atoms with van der Waals surface area (Å²) in [6, 6.07) is 2.93. The maximum absolute atomic E-state index is 13.8. The van der Waals surface area contributed by atoms with Crippen LogP contribution in [-0.2, 0) is 28.2 Å². The molecule has 3 N–H and O–H groups in total. The molecule has 2 aromatic rings. The summed E-state index contributed by atoms with van der Waals surface area (Å²) in [7, 11) is 0. The molecule has 2 heterocycles. The molecule has 2 unspecified atom stereocenters. The van der Waals surface area contributed by atoms with Gasteiger partial charge in [0.15, 0.2) is 11.6 Å². The van der Waals surface area contributed by atoms with Gasteiger partial charge in [0, 0.05) is 6.42 Å². The van der Waals surface area contributed by atoms with Crippen molar-refractivity contribution in [1.82, 2.24) is 25.6 Å². The van der Waals surface area contributed by atoms with Gasteiger partial charge in [-0.3, -0.25) is 14.9 Å². The second-order valence-electron chi connectivity index (χ2n) is 7.85. The first-order valence-electron chi connectivity index (χ1n) is 10.6. The first kappa shape index (κ1) is 24.6. The number of aryl methyl sites for hydroxylation is 1. The van der Waals surface area contributed by atoms with Crippen LogP contribution in [0.4, 0.5) is 13.2 Å². The Morgan fingerprint density at radius 1 is 1.39 bits per heavy atom. The zero-order valence-corrected chi connectivity index (χ0v) is 18.1. The largest absolute Gasteiger partial charge is 0.432 e. The Labute approximate surface area is 188 Å². The van der Waals surface area contributed by atoms with E-state index in [0.29, 0.717) is 32.2 Å². The highest BCUT2D eigenvalue weighted by atomic mass is 19.3. The minimum atomic E-state index is -3.19. The second-order valence-corrected chi connectivity index (χ2v) is 7.85. The highest BCUT2D eigenvalue weighted by Crippen LogP contribution is 2.32. The molecular formula is C21H26F3N5O4. The van der Waals surface area contributed by atoms with Gasteiger partial charge in [0.1, 0.15) is 5.60 Å². The van der Waals surface area contributed by atoms with Crippen LogP contribution in [0.2, 0.25) is 0 Å². The van der Waals surface area contributed by atoms with Crippen molar-refractivity contribution in [3.05, 3.63) is 41.5 Å². The Morgan fingerprint density at radius 2 is 2.18 bits per heavy atom. The third-order valence-electron chi connectivity index (χ3n) is 5.62. The van der Waals surface area contributed by atoms with Gasteiger partial charge >= 0.3 is 6.61 Å². The zero-order chi connectivity index (χ0) is 24.0. The van der Waals surface area contributed by atoms with E-state index in [-0.39, 0.29) is 30.3 Å². The smallest absolute Gasteiger partial charge is 0.387 e. The SMILES string of the molecule is CCC(O)(Cn1nncc1CCCNC1CCC(=O)NC1=O)c1ccc(F)c(OC(F)F)c1. The number of hydrogen-bond acceptors (Lipinski definition) is 7. The van der Waals surface area contributed by atoms with Crippen LogP contribution in [0.1, 0.15) is 43.9 Å². The number of benzene rings is 1. The number of ether oxygens (including phenoxy) is 1. The molecule has 1 aliphatic rings. The number of rotatable bonds is 11. The van der Waals surface area contributed by atoms with Gasteiger partial charge in [-0.25, -0.2) is 9.07 Å². The van der Waals surface area contributed by atoms with Gasteiger partial charge in [0.2, 0.25) is 11.8 Å². The zero-order valence-electron chi connectivity index (χ0n) is 18.1. The van der Waals surface area contributed by atoms with E-state index in [1.54, 1.807) is 13.1 Å². The fourth-order valence-corrected chi connectivity index (χ4v) is 3.67. The Balaban J connectivity index is 1.62. The van der Waals surface area contributed by atoms with Crippen LogP contribution in [0.25, 0.3) is 0 Å². The van der Waals surface area contributed by atoms with Crippen molar-refractivity contribution in [3.8, 4) is 5.75 Å². The highest BCUT2D eigenvalue weighted by Gasteiger charge is 2.31. The number of hydrogen-bond donors (Lipinski definition) is 3. The van der Waals surface area contributed by atoms with Gasteiger partial charge in [0.25, 0.3) is 0 Å². The number of halogens is 3. The van der Waals surface area contributed by atoms with E-state index in [1.165, 1.54) is 10.7 Å². The lowest BCUT2D eigenvalue weighted by atomic mass is 9.90. The molecule has 3 rings (SSSR count). The first-order valence-corrected chi connectivity index (χ1v) is 10.6. The first-order chi connectivity index (χ1) is 15.7. The Bertz CT molecular complexity index is 987. The van der Waals surface area contributed by atoms with Crippen LogP contribution in [0, 0.1) is 5.82 Å². The highest BCUT2D eigenvalue weighted by molar-refractivity contribution is 6.00. The van der Waals surface area contributed by atoms with Gasteiger partial charge in [-0.15, -0.1) is 5.10 Å². The molecule has 0 radical (unpaired) electrons. The van der Waals surface area contributed by atoms with Gasteiger partial charge in [0.05, 0.1) is 24.5 Å². The average Bonchev–Trinajstić information content (AvgIpc) is 3.20. The molecule has 1 fully saturated rings. The summed E-state index contributed by atoms with van der Waals surface area (Å²) in [4.78, 5) is 23.0. The molecule has 0 aliphatic carbocycles. The predicted molar refractivity (Wildman–Crippen MR) is 110 cm³/mol. The number of aromatic nitrogens is 3. The quantitative estimate of drug-likeness (QED) is 0.338. The number of imide groups is 1. The molecule has 1 aromatic heterocycles. The van der Waals surface area contributed by atoms with Crippen LogP contribution in [0.5, 0.6) is 5.75 Å². The topological polar surface area (TPSA) is 118 Å². The van der Waals surface area contributed by atoms with Crippen LogP contribution in [0.3, 0.4) is 0 Å². The Morgan fingerprint density at radius 3 is 2.88 bits per heavy atom. The van der Waals surface area contributed by atoms with Crippen molar-refractivity contribution in [2.45, 2.75) is 63.8 Å². The van der Waals surface area contributed by atoms with Crippen LogP contribution in [-0.4, -0.2) is 51.1 Å². The van der Waals surface area contributed by atoms with E-state index in [1.807, 2.05) is 0 Å². The monoisotopic (exact) mass is 469 g/mol. The average molecular weight is 469 g/mol. The number of nitrogens with one attached hydrogen (secondary N) is 2. The van der Waals surface area contributed by atoms with E-state index >= 15 is 0 Å². The van der Waals surface area contributed by atoms with E-state index in [2.05, 4.69) is 25.7 Å². The van der Waals surface area contributed by atoms with Crippen molar-refractivity contribution in [3.63, 3.8) is 0 Å². The van der Waals surface area contributed by atoms with Crippen molar-refractivity contribution in [2.75, 3.05) is 6.54 Å².